The zero-order valence-electron chi connectivity index (χ0n) is 12.6. The summed E-state index contributed by atoms with van der Waals surface area (Å²) in [4.78, 5) is 4.25. The monoisotopic (exact) mass is 325 g/mol. The van der Waals surface area contributed by atoms with E-state index in [1.165, 1.54) is 0 Å². The second kappa shape index (κ2) is 7.37. The predicted octanol–water partition coefficient (Wildman–Crippen LogP) is 1.62. The highest BCUT2D eigenvalue weighted by molar-refractivity contribution is 7.89. The van der Waals surface area contributed by atoms with Crippen LogP contribution >= 0.6 is 0 Å². The summed E-state index contributed by atoms with van der Waals surface area (Å²) in [6.07, 6.45) is 0.926. The van der Waals surface area contributed by atoms with Crippen molar-refractivity contribution in [1.29, 1.82) is 0 Å². The van der Waals surface area contributed by atoms with Crippen molar-refractivity contribution in [3.8, 4) is 17.1 Å². The zero-order chi connectivity index (χ0) is 16.0. The molecule has 0 bridgehead atoms. The van der Waals surface area contributed by atoms with E-state index >= 15 is 0 Å². The SMILES string of the molecule is CCCS(=O)(=O)NCCc1nc(-c2cccc(OC)c2)no1. The van der Waals surface area contributed by atoms with Gasteiger partial charge in [-0.3, -0.25) is 0 Å². The quantitative estimate of drug-likeness (QED) is 0.792. The second-order valence-corrected chi connectivity index (χ2v) is 6.63. The normalized spacial score (nSPS) is 11.5. The van der Waals surface area contributed by atoms with Gasteiger partial charge >= 0.3 is 0 Å². The molecule has 2 rings (SSSR count). The maximum absolute atomic E-state index is 11.5. The van der Waals surface area contributed by atoms with Crippen molar-refractivity contribution in [2.45, 2.75) is 19.8 Å². The van der Waals surface area contributed by atoms with Crippen LogP contribution in [0.1, 0.15) is 19.2 Å². The Morgan fingerprint density at radius 2 is 2.18 bits per heavy atom. The van der Waals surface area contributed by atoms with Crippen LogP contribution in [0.15, 0.2) is 28.8 Å². The highest BCUT2D eigenvalue weighted by atomic mass is 32.2. The third kappa shape index (κ3) is 4.54. The standard InChI is InChI=1S/C14H19N3O4S/c1-3-9-22(18,19)15-8-7-13-16-14(17-21-13)11-5-4-6-12(10-11)20-2/h4-6,10,15H,3,7-9H2,1-2H3. The van der Waals surface area contributed by atoms with E-state index < -0.39 is 10.0 Å². The lowest BCUT2D eigenvalue weighted by Gasteiger charge is -2.02. The number of methoxy groups -OCH3 is 1. The summed E-state index contributed by atoms with van der Waals surface area (Å²) in [5.41, 5.74) is 0.779. The average Bonchev–Trinajstić information content (AvgIpc) is 2.96. The fraction of sp³-hybridized carbons (Fsp3) is 0.429. The van der Waals surface area contributed by atoms with E-state index in [2.05, 4.69) is 14.9 Å². The van der Waals surface area contributed by atoms with Gasteiger partial charge in [0.2, 0.25) is 21.7 Å². The average molecular weight is 325 g/mol. The van der Waals surface area contributed by atoms with Crippen LogP contribution < -0.4 is 9.46 Å². The molecule has 120 valence electrons. The summed E-state index contributed by atoms with van der Waals surface area (Å²) in [5.74, 6) is 1.66. The lowest BCUT2D eigenvalue weighted by atomic mass is 10.2. The Balaban J connectivity index is 1.97. The highest BCUT2D eigenvalue weighted by Crippen LogP contribution is 2.21. The minimum Gasteiger partial charge on any atom is -0.497 e. The Morgan fingerprint density at radius 3 is 2.91 bits per heavy atom. The number of ether oxygens (including phenoxy) is 1. The van der Waals surface area contributed by atoms with E-state index in [-0.39, 0.29) is 12.3 Å². The van der Waals surface area contributed by atoms with Gasteiger partial charge in [0.05, 0.1) is 12.9 Å². The first kappa shape index (κ1) is 16.4. The molecule has 0 amide bonds. The third-order valence-electron chi connectivity index (χ3n) is 2.93. The van der Waals surface area contributed by atoms with Gasteiger partial charge in [-0.25, -0.2) is 13.1 Å². The predicted molar refractivity (Wildman–Crippen MR) is 82.1 cm³/mol. The Kier molecular flexibility index (Phi) is 5.51. The molecule has 7 nitrogen and oxygen atoms in total. The van der Waals surface area contributed by atoms with Crippen LogP contribution in [0.4, 0.5) is 0 Å². The molecule has 0 aliphatic carbocycles. The van der Waals surface area contributed by atoms with Crippen molar-refractivity contribution in [2.75, 3.05) is 19.4 Å². The van der Waals surface area contributed by atoms with E-state index in [4.69, 9.17) is 9.26 Å². The first-order valence-corrected chi connectivity index (χ1v) is 8.63. The van der Waals surface area contributed by atoms with Gasteiger partial charge in [-0.1, -0.05) is 24.2 Å². The van der Waals surface area contributed by atoms with Gasteiger partial charge in [0.15, 0.2) is 0 Å². The van der Waals surface area contributed by atoms with Crippen molar-refractivity contribution in [3.63, 3.8) is 0 Å². The van der Waals surface area contributed by atoms with E-state index in [0.29, 0.717) is 30.3 Å². The van der Waals surface area contributed by atoms with Crippen molar-refractivity contribution >= 4 is 10.0 Å². The fourth-order valence-electron chi connectivity index (χ4n) is 1.89. The molecule has 0 radical (unpaired) electrons. The zero-order valence-corrected chi connectivity index (χ0v) is 13.4. The molecule has 22 heavy (non-hydrogen) atoms. The topological polar surface area (TPSA) is 94.3 Å². The molecule has 0 spiro atoms. The molecule has 8 heteroatoms. The summed E-state index contributed by atoms with van der Waals surface area (Å²) >= 11 is 0. The highest BCUT2D eigenvalue weighted by Gasteiger charge is 2.11. The van der Waals surface area contributed by atoms with Gasteiger partial charge in [0.25, 0.3) is 0 Å². The number of benzene rings is 1. The molecule has 0 atom stereocenters. The summed E-state index contributed by atoms with van der Waals surface area (Å²) in [7, 11) is -1.63. The molecule has 0 aliphatic rings. The number of hydrogen-bond acceptors (Lipinski definition) is 6. The smallest absolute Gasteiger partial charge is 0.228 e. The number of rotatable bonds is 8. The van der Waals surface area contributed by atoms with Gasteiger partial charge in [0, 0.05) is 18.5 Å². The maximum Gasteiger partial charge on any atom is 0.228 e. The summed E-state index contributed by atoms with van der Waals surface area (Å²) in [5, 5.41) is 3.89. The molecule has 1 heterocycles. The van der Waals surface area contributed by atoms with Crippen LogP contribution in [0.3, 0.4) is 0 Å². The van der Waals surface area contributed by atoms with Crippen LogP contribution in [0.5, 0.6) is 5.75 Å². The molecule has 2 aromatic rings. The van der Waals surface area contributed by atoms with E-state index in [0.717, 1.165) is 5.56 Å². The number of hydrogen-bond donors (Lipinski definition) is 1. The molecule has 0 saturated heterocycles. The summed E-state index contributed by atoms with van der Waals surface area (Å²) in [6, 6.07) is 7.32. The molecule has 0 aliphatic heterocycles. The maximum atomic E-state index is 11.5. The van der Waals surface area contributed by atoms with Gasteiger partial charge in [-0.2, -0.15) is 4.98 Å². The summed E-state index contributed by atoms with van der Waals surface area (Å²) in [6.45, 7) is 2.06. The first-order chi connectivity index (χ1) is 10.5. The number of nitrogens with zero attached hydrogens (tertiary/aromatic N) is 2. The van der Waals surface area contributed by atoms with Crippen LogP contribution in [0, 0.1) is 0 Å². The lowest BCUT2D eigenvalue weighted by molar-refractivity contribution is 0.379. The molecular weight excluding hydrogens is 306 g/mol. The van der Waals surface area contributed by atoms with Crippen LogP contribution in [0.25, 0.3) is 11.4 Å². The molecule has 1 N–H and O–H groups in total. The summed E-state index contributed by atoms with van der Waals surface area (Å²) < 4.78 is 35.8. The van der Waals surface area contributed by atoms with Crippen LogP contribution in [-0.4, -0.2) is 38.0 Å². The Morgan fingerprint density at radius 1 is 1.36 bits per heavy atom. The van der Waals surface area contributed by atoms with E-state index in [1.54, 1.807) is 13.2 Å². The van der Waals surface area contributed by atoms with Gasteiger partial charge in [-0.15, -0.1) is 0 Å². The van der Waals surface area contributed by atoms with E-state index in [1.807, 2.05) is 25.1 Å². The molecule has 1 aromatic carbocycles. The number of nitrogens with one attached hydrogen (secondary N) is 1. The molecule has 0 unspecified atom stereocenters. The van der Waals surface area contributed by atoms with Crippen molar-refractivity contribution in [2.24, 2.45) is 0 Å². The fourth-order valence-corrected chi connectivity index (χ4v) is 2.99. The van der Waals surface area contributed by atoms with Gasteiger partial charge in [-0.05, 0) is 18.6 Å². The van der Waals surface area contributed by atoms with Crippen LogP contribution in [0.2, 0.25) is 0 Å². The first-order valence-electron chi connectivity index (χ1n) is 6.98. The van der Waals surface area contributed by atoms with Crippen molar-refractivity contribution in [3.05, 3.63) is 30.2 Å². The minimum absolute atomic E-state index is 0.117. The van der Waals surface area contributed by atoms with Crippen molar-refractivity contribution in [1.82, 2.24) is 14.9 Å². The minimum atomic E-state index is -3.21. The molecule has 1 aromatic heterocycles. The van der Waals surface area contributed by atoms with Crippen LogP contribution in [-0.2, 0) is 16.4 Å². The van der Waals surface area contributed by atoms with Gasteiger partial charge < -0.3 is 9.26 Å². The second-order valence-electron chi connectivity index (χ2n) is 4.71. The number of aromatic nitrogens is 2. The van der Waals surface area contributed by atoms with E-state index in [9.17, 15) is 8.42 Å². The molecular formula is C14H19N3O4S. The Bertz CT molecular complexity index is 712. The number of sulfonamides is 1. The molecule has 0 fully saturated rings. The van der Waals surface area contributed by atoms with Crippen molar-refractivity contribution < 1.29 is 17.7 Å². The lowest BCUT2D eigenvalue weighted by Crippen LogP contribution is -2.28. The Labute approximate surface area is 129 Å². The van der Waals surface area contributed by atoms with Gasteiger partial charge in [0.1, 0.15) is 5.75 Å². The largest absolute Gasteiger partial charge is 0.497 e. The Hall–Kier alpha value is -1.93. The molecule has 0 saturated carbocycles. The third-order valence-corrected chi connectivity index (χ3v) is 4.52.